The maximum atomic E-state index is 11.3. The van der Waals surface area contributed by atoms with Gasteiger partial charge in [0.05, 0.1) is 5.92 Å². The van der Waals surface area contributed by atoms with Gasteiger partial charge in [-0.2, -0.15) is 0 Å². The second-order valence-corrected chi connectivity index (χ2v) is 5.39. The number of nitrogens with zero attached hydrogens (tertiary/aromatic N) is 2. The normalized spacial score (nSPS) is 23.1. The number of amides is 1. The first-order valence-corrected chi connectivity index (χ1v) is 6.71. The summed E-state index contributed by atoms with van der Waals surface area (Å²) in [6.07, 6.45) is 3.45. The van der Waals surface area contributed by atoms with Gasteiger partial charge in [-0.1, -0.05) is 12.2 Å². The highest BCUT2D eigenvalue weighted by molar-refractivity contribution is 7.80. The van der Waals surface area contributed by atoms with Gasteiger partial charge < -0.3 is 16.4 Å². The zero-order chi connectivity index (χ0) is 14.0. The van der Waals surface area contributed by atoms with E-state index in [1.807, 2.05) is 12.1 Å². The lowest BCUT2D eigenvalue weighted by atomic mass is 9.93. The molecule has 1 aromatic rings. The van der Waals surface area contributed by atoms with Gasteiger partial charge >= 0.3 is 0 Å². The van der Waals surface area contributed by atoms with E-state index >= 15 is 0 Å². The zero-order valence-corrected chi connectivity index (χ0v) is 11.7. The molecule has 2 rings (SSSR count). The molecule has 2 atom stereocenters. The molecule has 0 spiro atoms. The third-order valence-electron chi connectivity index (χ3n) is 3.61. The lowest BCUT2D eigenvalue weighted by Gasteiger charge is -2.37. The Morgan fingerprint density at radius 1 is 1.42 bits per heavy atom. The van der Waals surface area contributed by atoms with Crippen LogP contribution in [-0.2, 0) is 4.79 Å². The van der Waals surface area contributed by atoms with E-state index in [9.17, 15) is 4.79 Å². The third-order valence-corrected chi connectivity index (χ3v) is 3.85. The summed E-state index contributed by atoms with van der Waals surface area (Å²) in [6.45, 7) is 2.75. The largest absolute Gasteiger partial charge is 0.389 e. The van der Waals surface area contributed by atoms with Gasteiger partial charge in [-0.25, -0.2) is 4.98 Å². The Morgan fingerprint density at radius 2 is 2.16 bits per heavy atom. The van der Waals surface area contributed by atoms with Crippen molar-refractivity contribution in [2.24, 2.45) is 17.4 Å². The molecule has 2 heterocycles. The van der Waals surface area contributed by atoms with Gasteiger partial charge in [0.25, 0.3) is 0 Å². The Hall–Kier alpha value is -1.69. The van der Waals surface area contributed by atoms with E-state index in [0.717, 1.165) is 24.2 Å². The molecule has 2 unspecified atom stereocenters. The minimum Gasteiger partial charge on any atom is -0.389 e. The fourth-order valence-corrected chi connectivity index (χ4v) is 2.48. The number of anilines is 1. The number of piperidine rings is 1. The molecule has 5 nitrogen and oxygen atoms in total. The van der Waals surface area contributed by atoms with E-state index in [0.29, 0.717) is 17.6 Å². The Bertz CT molecular complexity index is 488. The standard InChI is InChI=1S/C13H18N4OS/c1-8-2-3-10(12(14)18)7-17(8)11-5-4-9(6-16-11)13(15)19/h4-6,8,10H,2-3,7H2,1H3,(H2,14,18)(H2,15,19). The van der Waals surface area contributed by atoms with Crippen molar-refractivity contribution < 1.29 is 4.79 Å². The van der Waals surface area contributed by atoms with E-state index in [1.165, 1.54) is 0 Å². The van der Waals surface area contributed by atoms with Gasteiger partial charge in [-0.15, -0.1) is 0 Å². The summed E-state index contributed by atoms with van der Waals surface area (Å²) in [4.78, 5) is 18.1. The van der Waals surface area contributed by atoms with Crippen LogP contribution in [0.2, 0.25) is 0 Å². The first kappa shape index (κ1) is 13.7. The van der Waals surface area contributed by atoms with Crippen molar-refractivity contribution in [1.82, 2.24) is 4.98 Å². The van der Waals surface area contributed by atoms with Crippen molar-refractivity contribution in [3.05, 3.63) is 23.9 Å². The van der Waals surface area contributed by atoms with Crippen LogP contribution in [0.3, 0.4) is 0 Å². The van der Waals surface area contributed by atoms with Gasteiger partial charge in [-0.05, 0) is 31.9 Å². The Kier molecular flexibility index (Phi) is 3.99. The van der Waals surface area contributed by atoms with Crippen molar-refractivity contribution in [1.29, 1.82) is 0 Å². The van der Waals surface area contributed by atoms with E-state index in [4.69, 9.17) is 23.7 Å². The number of hydrogen-bond donors (Lipinski definition) is 2. The molecule has 1 amide bonds. The molecule has 6 heteroatoms. The number of hydrogen-bond acceptors (Lipinski definition) is 4. The predicted molar refractivity (Wildman–Crippen MR) is 78.9 cm³/mol. The minimum absolute atomic E-state index is 0.103. The number of thiocarbonyl (C=S) groups is 1. The smallest absolute Gasteiger partial charge is 0.222 e. The van der Waals surface area contributed by atoms with Crippen molar-refractivity contribution in [2.45, 2.75) is 25.8 Å². The van der Waals surface area contributed by atoms with E-state index in [1.54, 1.807) is 6.20 Å². The summed E-state index contributed by atoms with van der Waals surface area (Å²) in [5.74, 6) is 0.489. The van der Waals surface area contributed by atoms with Gasteiger partial charge in [0.2, 0.25) is 5.91 Å². The molecule has 19 heavy (non-hydrogen) atoms. The van der Waals surface area contributed by atoms with E-state index in [-0.39, 0.29) is 11.8 Å². The highest BCUT2D eigenvalue weighted by Gasteiger charge is 2.29. The second-order valence-electron chi connectivity index (χ2n) is 4.95. The number of carbonyl (C=O) groups is 1. The zero-order valence-electron chi connectivity index (χ0n) is 10.9. The van der Waals surface area contributed by atoms with Crippen LogP contribution < -0.4 is 16.4 Å². The molecular weight excluding hydrogens is 260 g/mol. The first-order chi connectivity index (χ1) is 8.99. The molecule has 4 N–H and O–H groups in total. The Labute approximate surface area is 118 Å². The van der Waals surface area contributed by atoms with Crippen molar-refractivity contribution in [3.63, 3.8) is 0 Å². The molecule has 0 bridgehead atoms. The quantitative estimate of drug-likeness (QED) is 0.799. The molecule has 1 aliphatic heterocycles. The summed E-state index contributed by atoms with van der Waals surface area (Å²) in [6, 6.07) is 4.08. The summed E-state index contributed by atoms with van der Waals surface area (Å²) in [5, 5.41) is 0. The van der Waals surface area contributed by atoms with Gasteiger partial charge in [0.1, 0.15) is 10.8 Å². The monoisotopic (exact) mass is 278 g/mol. The molecule has 0 saturated carbocycles. The molecule has 1 fully saturated rings. The number of rotatable bonds is 3. The lowest BCUT2D eigenvalue weighted by Crippen LogP contribution is -2.46. The average molecular weight is 278 g/mol. The molecule has 1 saturated heterocycles. The molecule has 0 aliphatic carbocycles. The number of aromatic nitrogens is 1. The van der Waals surface area contributed by atoms with Crippen LogP contribution in [0.1, 0.15) is 25.3 Å². The van der Waals surface area contributed by atoms with Crippen LogP contribution in [-0.4, -0.2) is 28.5 Å². The maximum Gasteiger partial charge on any atom is 0.222 e. The summed E-state index contributed by atoms with van der Waals surface area (Å²) >= 11 is 4.90. The van der Waals surface area contributed by atoms with Gasteiger partial charge in [0, 0.05) is 24.3 Å². The molecular formula is C13H18N4OS. The van der Waals surface area contributed by atoms with Crippen molar-refractivity contribution in [2.75, 3.05) is 11.4 Å². The van der Waals surface area contributed by atoms with Crippen LogP contribution in [0.5, 0.6) is 0 Å². The maximum absolute atomic E-state index is 11.3. The summed E-state index contributed by atoms with van der Waals surface area (Å²) < 4.78 is 0. The Morgan fingerprint density at radius 3 is 2.68 bits per heavy atom. The van der Waals surface area contributed by atoms with Gasteiger partial charge in [0.15, 0.2) is 0 Å². The van der Waals surface area contributed by atoms with E-state index < -0.39 is 0 Å². The number of carbonyl (C=O) groups excluding carboxylic acids is 1. The average Bonchev–Trinajstić information content (AvgIpc) is 2.39. The summed E-state index contributed by atoms with van der Waals surface area (Å²) in [7, 11) is 0. The third kappa shape index (κ3) is 3.01. The highest BCUT2D eigenvalue weighted by atomic mass is 32.1. The molecule has 1 aromatic heterocycles. The topological polar surface area (TPSA) is 85.2 Å². The fraction of sp³-hybridized carbons (Fsp3) is 0.462. The van der Waals surface area contributed by atoms with Crippen LogP contribution in [0.15, 0.2) is 18.3 Å². The SMILES string of the molecule is CC1CCC(C(N)=O)CN1c1ccc(C(N)=S)cn1. The van der Waals surface area contributed by atoms with Crippen molar-refractivity contribution in [3.8, 4) is 0 Å². The van der Waals surface area contributed by atoms with Gasteiger partial charge in [-0.3, -0.25) is 4.79 Å². The van der Waals surface area contributed by atoms with Crippen LogP contribution >= 0.6 is 12.2 Å². The summed E-state index contributed by atoms with van der Waals surface area (Å²) in [5.41, 5.74) is 11.7. The van der Waals surface area contributed by atoms with Crippen LogP contribution in [0.25, 0.3) is 0 Å². The molecule has 1 aliphatic rings. The lowest BCUT2D eigenvalue weighted by molar-refractivity contribution is -0.122. The number of pyridine rings is 1. The number of nitrogens with two attached hydrogens (primary N) is 2. The highest BCUT2D eigenvalue weighted by Crippen LogP contribution is 2.26. The predicted octanol–water partition coefficient (Wildman–Crippen LogP) is 0.806. The molecule has 102 valence electrons. The molecule has 0 radical (unpaired) electrons. The molecule has 0 aromatic carbocycles. The first-order valence-electron chi connectivity index (χ1n) is 6.31. The van der Waals surface area contributed by atoms with Crippen LogP contribution in [0, 0.1) is 5.92 Å². The minimum atomic E-state index is -0.239. The second kappa shape index (κ2) is 5.52. The number of primary amides is 1. The fourth-order valence-electron chi connectivity index (χ4n) is 2.36. The van der Waals surface area contributed by atoms with Crippen LogP contribution in [0.4, 0.5) is 5.82 Å². The van der Waals surface area contributed by atoms with Crippen molar-refractivity contribution >= 4 is 28.9 Å². The Balaban J connectivity index is 2.18. The van der Waals surface area contributed by atoms with E-state index in [2.05, 4.69) is 16.8 Å².